The van der Waals surface area contributed by atoms with Gasteiger partial charge in [-0.1, -0.05) is 109 Å². The minimum absolute atomic E-state index is 0.0569. The van der Waals surface area contributed by atoms with E-state index in [0.717, 1.165) is 15.3 Å². The predicted molar refractivity (Wildman–Crippen MR) is 180 cm³/mol. The van der Waals surface area contributed by atoms with Gasteiger partial charge >= 0.3 is 0 Å². The largest absolute Gasteiger partial charge is 0.456 e. The smallest absolute Gasteiger partial charge is 0.160 e. The second kappa shape index (κ2) is 9.79. The molecular formula is C40H25N3O. The van der Waals surface area contributed by atoms with Crippen LogP contribution in [0.3, 0.4) is 0 Å². The number of rotatable bonds is 4. The number of para-hydroxylation sites is 3. The average Bonchev–Trinajstić information content (AvgIpc) is 3.77. The van der Waals surface area contributed by atoms with E-state index in [1.807, 2.05) is 60.7 Å². The predicted octanol–water partition coefficient (Wildman–Crippen LogP) is 10.5. The van der Waals surface area contributed by atoms with Crippen molar-refractivity contribution in [3.05, 3.63) is 151 Å². The topological polar surface area (TPSA) is 43.9 Å². The summed E-state index contributed by atoms with van der Waals surface area (Å²) in [4.78, 5) is 9.78. The Kier molecular flexibility index (Phi) is 3.44. The van der Waals surface area contributed by atoms with Gasteiger partial charge in [0.05, 0.1) is 38.9 Å². The molecular weight excluding hydrogens is 538 g/mol. The zero-order chi connectivity index (χ0) is 39.5. The lowest BCUT2D eigenvalue weighted by atomic mass is 10.0. The van der Waals surface area contributed by atoms with Crippen molar-refractivity contribution in [2.75, 3.05) is 0 Å². The zero-order valence-electron chi connectivity index (χ0n) is 34.8. The first-order valence-electron chi connectivity index (χ1n) is 19.8. The molecule has 0 radical (unpaired) electrons. The van der Waals surface area contributed by atoms with Crippen molar-refractivity contribution >= 4 is 43.7 Å². The van der Waals surface area contributed by atoms with Crippen molar-refractivity contribution in [3.63, 3.8) is 0 Å². The highest BCUT2D eigenvalue weighted by atomic mass is 16.3. The van der Waals surface area contributed by atoms with Gasteiger partial charge in [-0.2, -0.15) is 0 Å². The van der Waals surface area contributed by atoms with E-state index in [1.54, 1.807) is 18.2 Å². The first-order valence-corrected chi connectivity index (χ1v) is 13.8. The Labute approximate surface area is 270 Å². The Bertz CT molecular complexity index is 3150. The van der Waals surface area contributed by atoms with Crippen LogP contribution in [0.5, 0.6) is 0 Å². The highest BCUT2D eigenvalue weighted by Crippen LogP contribution is 2.39. The van der Waals surface area contributed by atoms with E-state index in [-0.39, 0.29) is 38.9 Å². The van der Waals surface area contributed by atoms with Crippen molar-refractivity contribution in [2.24, 2.45) is 0 Å². The summed E-state index contributed by atoms with van der Waals surface area (Å²) in [5.41, 5.74) is 1.78. The summed E-state index contributed by atoms with van der Waals surface area (Å²) < 4.78 is 113. The Morgan fingerprint density at radius 2 is 1.32 bits per heavy atom. The summed E-state index contributed by atoms with van der Waals surface area (Å²) in [5.74, 6) is 0.235. The van der Waals surface area contributed by atoms with E-state index < -0.39 is 78.2 Å². The maximum absolute atomic E-state index is 9.77. The Balaban J connectivity index is 1.46. The van der Waals surface area contributed by atoms with Gasteiger partial charge < -0.3 is 8.98 Å². The summed E-state index contributed by atoms with van der Waals surface area (Å²) >= 11 is 0. The molecule has 6 aromatic carbocycles. The monoisotopic (exact) mass is 575 g/mol. The molecule has 4 heteroatoms. The highest BCUT2D eigenvalue weighted by Gasteiger charge is 2.18. The summed E-state index contributed by atoms with van der Waals surface area (Å²) in [6.45, 7) is 0. The average molecular weight is 576 g/mol. The number of furan rings is 1. The second-order valence-electron chi connectivity index (χ2n) is 10.1. The van der Waals surface area contributed by atoms with E-state index in [2.05, 4.69) is 0 Å². The minimum atomic E-state index is -0.708. The molecule has 206 valence electrons. The fraction of sp³-hybridized carbons (Fsp3) is 0. The van der Waals surface area contributed by atoms with Crippen LogP contribution in [-0.4, -0.2) is 14.5 Å². The molecule has 44 heavy (non-hydrogen) atoms. The number of fused-ring (bicyclic) bond motifs is 6. The molecule has 0 bridgehead atoms. The molecule has 0 unspecified atom stereocenters. The fourth-order valence-corrected chi connectivity index (χ4v) is 5.64. The van der Waals surface area contributed by atoms with E-state index in [4.69, 9.17) is 26.7 Å². The van der Waals surface area contributed by atoms with Crippen molar-refractivity contribution in [1.29, 1.82) is 0 Å². The number of hydrogen-bond acceptors (Lipinski definition) is 3. The maximum atomic E-state index is 9.77. The molecule has 9 rings (SSSR count). The fourth-order valence-electron chi connectivity index (χ4n) is 5.64. The highest BCUT2D eigenvalue weighted by molar-refractivity contribution is 6.12. The molecule has 0 saturated heterocycles. The summed E-state index contributed by atoms with van der Waals surface area (Å²) in [6, 6.07) is 16.3. The zero-order valence-corrected chi connectivity index (χ0v) is 22.8. The normalized spacial score (nSPS) is 15.5. The lowest BCUT2D eigenvalue weighted by Gasteiger charge is -2.11. The Hall–Kier alpha value is -6.00. The summed E-state index contributed by atoms with van der Waals surface area (Å²) in [7, 11) is 0. The van der Waals surface area contributed by atoms with Crippen LogP contribution in [-0.2, 0) is 0 Å². The standard InChI is InChI=1S/C40H25N3O/c1-3-12-26(13-4-1)40-41-33(25-34(42-40)31-18-11-21-38-39(31)32-17-8-10-20-37(32)44-38)27-22-23-30-29-16-7-9-19-35(29)43(36(30)24-27)28-14-5-2-6-15-28/h1-25H/i2D,5D,6D,7D,9D,14D,15D,16D,19D,22D,23D,24D. The molecule has 0 atom stereocenters. The van der Waals surface area contributed by atoms with E-state index in [0.29, 0.717) is 28.0 Å². The van der Waals surface area contributed by atoms with Gasteiger partial charge in [0, 0.05) is 43.9 Å². The van der Waals surface area contributed by atoms with Crippen LogP contribution >= 0.6 is 0 Å². The summed E-state index contributed by atoms with van der Waals surface area (Å²) in [5, 5.41) is 1.15. The Morgan fingerprint density at radius 3 is 2.23 bits per heavy atom. The van der Waals surface area contributed by atoms with Crippen LogP contribution in [0.2, 0.25) is 0 Å². The first kappa shape index (κ1) is 15.5. The molecule has 0 amide bonds. The van der Waals surface area contributed by atoms with Gasteiger partial charge in [0.25, 0.3) is 0 Å². The number of nitrogens with zero attached hydrogens (tertiary/aromatic N) is 3. The lowest BCUT2D eigenvalue weighted by Crippen LogP contribution is -1.97. The van der Waals surface area contributed by atoms with Gasteiger partial charge in [0.15, 0.2) is 5.82 Å². The lowest BCUT2D eigenvalue weighted by molar-refractivity contribution is 0.669. The molecule has 0 aliphatic carbocycles. The third kappa shape index (κ3) is 3.85. The number of benzene rings is 6. The third-order valence-electron chi connectivity index (χ3n) is 7.56. The van der Waals surface area contributed by atoms with Crippen LogP contribution < -0.4 is 0 Å². The molecule has 3 heterocycles. The molecule has 0 fully saturated rings. The third-order valence-corrected chi connectivity index (χ3v) is 7.56. The van der Waals surface area contributed by atoms with Crippen molar-refractivity contribution in [2.45, 2.75) is 0 Å². The Morgan fingerprint density at radius 1 is 0.568 bits per heavy atom. The van der Waals surface area contributed by atoms with Crippen molar-refractivity contribution in [1.82, 2.24) is 14.5 Å². The van der Waals surface area contributed by atoms with Crippen LogP contribution in [0.1, 0.15) is 16.4 Å². The number of hydrogen-bond donors (Lipinski definition) is 0. The van der Waals surface area contributed by atoms with Gasteiger partial charge in [-0.3, -0.25) is 0 Å². The van der Waals surface area contributed by atoms with E-state index in [1.165, 1.54) is 0 Å². The van der Waals surface area contributed by atoms with Gasteiger partial charge in [-0.25, -0.2) is 9.97 Å². The van der Waals surface area contributed by atoms with E-state index in [9.17, 15) is 4.11 Å². The minimum Gasteiger partial charge on any atom is -0.456 e. The molecule has 0 spiro atoms. The first-order chi connectivity index (χ1) is 26.8. The van der Waals surface area contributed by atoms with Crippen LogP contribution in [0, 0.1) is 0 Å². The molecule has 0 aliphatic heterocycles. The second-order valence-corrected chi connectivity index (χ2v) is 10.1. The number of aromatic nitrogens is 3. The molecule has 9 aromatic rings. The van der Waals surface area contributed by atoms with Crippen molar-refractivity contribution in [3.8, 4) is 39.6 Å². The van der Waals surface area contributed by atoms with Gasteiger partial charge in [0.2, 0.25) is 0 Å². The van der Waals surface area contributed by atoms with Gasteiger partial charge in [-0.15, -0.1) is 0 Å². The van der Waals surface area contributed by atoms with Crippen LogP contribution in [0.15, 0.2) is 156 Å². The van der Waals surface area contributed by atoms with Crippen molar-refractivity contribution < 1.29 is 20.9 Å². The molecule has 0 saturated carbocycles. The van der Waals surface area contributed by atoms with Gasteiger partial charge in [0.1, 0.15) is 11.2 Å². The van der Waals surface area contributed by atoms with Gasteiger partial charge in [-0.05, 0) is 42.4 Å². The summed E-state index contributed by atoms with van der Waals surface area (Å²) in [6.07, 6.45) is 0. The van der Waals surface area contributed by atoms with Crippen LogP contribution in [0.4, 0.5) is 0 Å². The maximum Gasteiger partial charge on any atom is 0.160 e. The molecule has 4 nitrogen and oxygen atoms in total. The van der Waals surface area contributed by atoms with Crippen LogP contribution in [0.25, 0.3) is 83.3 Å². The molecule has 0 N–H and O–H groups in total. The van der Waals surface area contributed by atoms with E-state index >= 15 is 0 Å². The quantitative estimate of drug-likeness (QED) is 0.210. The molecule has 0 aliphatic rings. The molecule has 3 aromatic heterocycles. The SMILES string of the molecule is [2H]c1c([2H])c([2H])c(-n2c3c([2H])c([2H])c([2H])c([2H])c3c3c([2H])c([2H])c(-c4cc(-c5cccc6oc7ccccc7c56)nc(-c5ccccc5)n4)c([2H])c32)c([2H])c1[2H].